The molecule has 3 aromatic rings. The molecule has 0 bridgehead atoms. The number of benzene rings is 2. The molecule has 1 heterocycles. The molecule has 0 spiro atoms. The lowest BCUT2D eigenvalue weighted by Crippen LogP contribution is -2.26. The van der Waals surface area contributed by atoms with Gasteiger partial charge in [-0.15, -0.1) is 0 Å². The van der Waals surface area contributed by atoms with Crippen LogP contribution in [0.5, 0.6) is 0 Å². The van der Waals surface area contributed by atoms with E-state index in [0.717, 1.165) is 0 Å². The van der Waals surface area contributed by atoms with Gasteiger partial charge in [-0.1, -0.05) is 54.5 Å². The maximum Gasteiger partial charge on any atom is 0.340 e. The highest BCUT2D eigenvalue weighted by molar-refractivity contribution is 7.91. The number of hydrogen-bond donors (Lipinski definition) is 1. The zero-order valence-corrected chi connectivity index (χ0v) is 17.2. The van der Waals surface area contributed by atoms with E-state index in [1.807, 2.05) is 0 Å². The number of aromatic nitrogens is 1. The summed E-state index contributed by atoms with van der Waals surface area (Å²) in [4.78, 5) is 25.6. The summed E-state index contributed by atoms with van der Waals surface area (Å²) in [5.74, 6) is -1.09. The van der Waals surface area contributed by atoms with Crippen LogP contribution in [0.1, 0.15) is 34.7 Å². The predicted molar refractivity (Wildman–Crippen MR) is 109 cm³/mol. The lowest BCUT2D eigenvalue weighted by molar-refractivity contribution is -0.125. The maximum absolute atomic E-state index is 12.9. The van der Waals surface area contributed by atoms with Crippen LogP contribution in [0, 0.1) is 6.92 Å². The van der Waals surface area contributed by atoms with Crippen LogP contribution in [0.15, 0.2) is 70.1 Å². The quantitative estimate of drug-likeness (QED) is 0.574. The van der Waals surface area contributed by atoms with E-state index in [1.165, 1.54) is 37.3 Å². The van der Waals surface area contributed by atoms with E-state index in [9.17, 15) is 18.0 Å². The summed E-state index contributed by atoms with van der Waals surface area (Å²) in [6.07, 6.45) is -1.33. The van der Waals surface area contributed by atoms with Gasteiger partial charge >= 0.3 is 5.97 Å². The molecule has 0 aliphatic heterocycles. The van der Waals surface area contributed by atoms with Gasteiger partial charge in [0, 0.05) is 11.6 Å². The molecule has 30 heavy (non-hydrogen) atoms. The molecule has 8 nitrogen and oxygen atoms in total. The molecule has 156 valence electrons. The Labute approximate surface area is 173 Å². The number of nitrogens with one attached hydrogen (secondary N) is 1. The van der Waals surface area contributed by atoms with Crippen molar-refractivity contribution in [2.45, 2.75) is 24.8 Å². The molecule has 0 aliphatic carbocycles. The minimum absolute atomic E-state index is 0.134. The first kappa shape index (κ1) is 21.3. The van der Waals surface area contributed by atoms with Crippen LogP contribution < -0.4 is 5.32 Å². The van der Waals surface area contributed by atoms with E-state index in [1.54, 1.807) is 37.3 Å². The van der Waals surface area contributed by atoms with Crippen molar-refractivity contribution in [1.82, 2.24) is 5.16 Å². The number of hydrogen-bond acceptors (Lipinski definition) is 7. The second kappa shape index (κ2) is 8.91. The molecular formula is C21H20N2O6S. The molecule has 1 N–H and O–H groups in total. The van der Waals surface area contributed by atoms with Gasteiger partial charge in [0.05, 0.1) is 16.2 Å². The van der Waals surface area contributed by atoms with Crippen LogP contribution in [-0.4, -0.2) is 31.2 Å². The number of ether oxygens (including phenoxy) is 1. The number of sulfone groups is 1. The molecule has 0 radical (unpaired) electrons. The Morgan fingerprint density at radius 1 is 1.10 bits per heavy atom. The van der Waals surface area contributed by atoms with Crippen molar-refractivity contribution in [2.75, 3.05) is 11.1 Å². The lowest BCUT2D eigenvalue weighted by Gasteiger charge is -2.18. The molecule has 1 aromatic heterocycles. The summed E-state index contributed by atoms with van der Waals surface area (Å²) in [6, 6.07) is 15.7. The topological polar surface area (TPSA) is 116 Å². The Hall–Kier alpha value is -3.46. The molecule has 3 rings (SSSR count). The van der Waals surface area contributed by atoms with Crippen LogP contribution in [0.3, 0.4) is 0 Å². The van der Waals surface area contributed by atoms with E-state index in [0.29, 0.717) is 11.3 Å². The fourth-order valence-electron chi connectivity index (χ4n) is 2.75. The van der Waals surface area contributed by atoms with Gasteiger partial charge in [0.1, 0.15) is 5.76 Å². The van der Waals surface area contributed by atoms with Crippen molar-refractivity contribution in [3.05, 3.63) is 77.6 Å². The minimum atomic E-state index is -3.66. The molecule has 9 heteroatoms. The third kappa shape index (κ3) is 4.74. The largest absolute Gasteiger partial charge is 0.444 e. The highest BCUT2D eigenvalue weighted by atomic mass is 32.2. The van der Waals surface area contributed by atoms with Gasteiger partial charge < -0.3 is 14.6 Å². The number of rotatable bonds is 7. The summed E-state index contributed by atoms with van der Waals surface area (Å²) in [5.41, 5.74) is 0.282. The predicted octanol–water partition coefficient (Wildman–Crippen LogP) is 3.31. The zero-order chi connectivity index (χ0) is 21.7. The monoisotopic (exact) mass is 428 g/mol. The Kier molecular flexibility index (Phi) is 6.31. The van der Waals surface area contributed by atoms with E-state index < -0.39 is 27.8 Å². The average Bonchev–Trinajstić information content (AvgIpc) is 3.16. The minimum Gasteiger partial charge on any atom is -0.444 e. The van der Waals surface area contributed by atoms with Gasteiger partial charge in [0.25, 0.3) is 5.91 Å². The first-order chi connectivity index (χ1) is 14.3. The summed E-state index contributed by atoms with van der Waals surface area (Å²) in [6.45, 7) is 3.15. The van der Waals surface area contributed by atoms with Crippen molar-refractivity contribution < 1.29 is 27.3 Å². The first-order valence-electron chi connectivity index (χ1n) is 9.13. The summed E-state index contributed by atoms with van der Waals surface area (Å²) < 4.78 is 35.1. The second-order valence-corrected chi connectivity index (χ2v) is 8.65. The van der Waals surface area contributed by atoms with Gasteiger partial charge in [0.2, 0.25) is 6.10 Å². The van der Waals surface area contributed by atoms with Gasteiger partial charge in [-0.2, -0.15) is 0 Å². The van der Waals surface area contributed by atoms with Crippen LogP contribution >= 0.6 is 0 Å². The number of esters is 1. The fourth-order valence-corrected chi connectivity index (χ4v) is 3.83. The highest BCUT2D eigenvalue weighted by Crippen LogP contribution is 2.24. The molecule has 0 saturated heterocycles. The van der Waals surface area contributed by atoms with E-state index in [-0.39, 0.29) is 22.0 Å². The van der Waals surface area contributed by atoms with E-state index >= 15 is 0 Å². The number of anilines is 1. The highest BCUT2D eigenvalue weighted by Gasteiger charge is 2.29. The van der Waals surface area contributed by atoms with Gasteiger partial charge in [-0.3, -0.25) is 4.79 Å². The average molecular weight is 428 g/mol. The van der Waals surface area contributed by atoms with Crippen LogP contribution in [0.2, 0.25) is 0 Å². The lowest BCUT2D eigenvalue weighted by atomic mass is 10.1. The van der Waals surface area contributed by atoms with Gasteiger partial charge in [-0.05, 0) is 19.1 Å². The summed E-state index contributed by atoms with van der Waals surface area (Å²) in [5, 5.41) is 6.23. The van der Waals surface area contributed by atoms with Gasteiger partial charge in [0.15, 0.2) is 15.7 Å². The molecule has 0 aliphatic rings. The molecule has 1 unspecified atom stereocenters. The molecule has 1 amide bonds. The maximum atomic E-state index is 12.9. The van der Waals surface area contributed by atoms with Crippen LogP contribution in [0.25, 0.3) is 0 Å². The second-order valence-electron chi connectivity index (χ2n) is 6.41. The number of aryl methyl sites for hydroxylation is 1. The van der Waals surface area contributed by atoms with Crippen molar-refractivity contribution in [1.29, 1.82) is 0 Å². The van der Waals surface area contributed by atoms with Crippen LogP contribution in [-0.2, 0) is 19.4 Å². The van der Waals surface area contributed by atoms with E-state index in [4.69, 9.17) is 9.26 Å². The first-order valence-corrected chi connectivity index (χ1v) is 10.8. The Bertz CT molecular complexity index is 1160. The summed E-state index contributed by atoms with van der Waals surface area (Å²) in [7, 11) is -3.66. The molecule has 1 atom stereocenters. The van der Waals surface area contributed by atoms with Crippen molar-refractivity contribution in [2.24, 2.45) is 0 Å². The van der Waals surface area contributed by atoms with Crippen molar-refractivity contribution >= 4 is 27.5 Å². The Balaban J connectivity index is 1.93. The van der Waals surface area contributed by atoms with Crippen molar-refractivity contribution in [3.8, 4) is 0 Å². The smallest absolute Gasteiger partial charge is 0.340 e. The number of amides is 1. The molecule has 0 fully saturated rings. The van der Waals surface area contributed by atoms with Crippen molar-refractivity contribution in [3.63, 3.8) is 0 Å². The van der Waals surface area contributed by atoms with Gasteiger partial charge in [-0.25, -0.2) is 13.2 Å². The molecular weight excluding hydrogens is 408 g/mol. The van der Waals surface area contributed by atoms with Crippen LogP contribution in [0.4, 0.5) is 5.82 Å². The number of nitrogens with zero attached hydrogens (tertiary/aromatic N) is 1. The number of carbonyl (C=O) groups excluding carboxylic acids is 2. The standard InChI is InChI=1S/C21H20N2O6S/c1-3-30(26,27)17-12-8-7-11-16(17)21(25)28-19(15-9-5-4-6-10-15)20(24)22-18-13-14(2)29-23-18/h4-13,19H,3H2,1-2H3,(H,22,23,24). The third-order valence-corrected chi connectivity index (χ3v) is 6.05. The SMILES string of the molecule is CCS(=O)(=O)c1ccccc1C(=O)OC(C(=O)Nc1cc(C)on1)c1ccccc1. The van der Waals surface area contributed by atoms with E-state index in [2.05, 4.69) is 10.5 Å². The Morgan fingerprint density at radius 2 is 1.77 bits per heavy atom. The zero-order valence-electron chi connectivity index (χ0n) is 16.4. The fraction of sp³-hybridized carbons (Fsp3) is 0.190. The summed E-state index contributed by atoms with van der Waals surface area (Å²) >= 11 is 0. The molecule has 0 saturated carbocycles. The number of carbonyl (C=O) groups is 2. The third-order valence-electron chi connectivity index (χ3n) is 4.27. The molecule has 2 aromatic carbocycles. The Morgan fingerprint density at radius 3 is 2.40 bits per heavy atom. The normalized spacial score (nSPS) is 12.2.